The predicted molar refractivity (Wildman–Crippen MR) is 60.0 cm³/mol. The minimum absolute atomic E-state index is 0.192. The summed E-state index contributed by atoms with van der Waals surface area (Å²) in [6, 6.07) is -0.999. The van der Waals surface area contributed by atoms with Crippen LogP contribution in [0.1, 0.15) is 13.8 Å². The monoisotopic (exact) mass is 251 g/mol. The van der Waals surface area contributed by atoms with E-state index >= 15 is 0 Å². The molecule has 8 heteroatoms. The van der Waals surface area contributed by atoms with Gasteiger partial charge in [-0.1, -0.05) is 11.8 Å². The van der Waals surface area contributed by atoms with Crippen LogP contribution in [0.3, 0.4) is 0 Å². The van der Waals surface area contributed by atoms with Crippen LogP contribution in [0, 0.1) is 0 Å². The fraction of sp³-hybridized carbons (Fsp3) is 0.714. The van der Waals surface area contributed by atoms with Crippen molar-refractivity contribution in [2.75, 3.05) is 13.3 Å². The molecule has 0 saturated heterocycles. The molecular weight excluding hydrogens is 238 g/mol. The van der Waals surface area contributed by atoms with E-state index in [1.165, 1.54) is 11.9 Å². The second kappa shape index (κ2) is 4.01. The molecule has 1 aliphatic rings. The van der Waals surface area contributed by atoms with Gasteiger partial charge in [-0.25, -0.2) is 4.79 Å². The van der Waals surface area contributed by atoms with Crippen molar-refractivity contribution >= 4 is 33.2 Å². The molecule has 0 N–H and O–H groups in total. The second-order valence-electron chi connectivity index (χ2n) is 3.29. The quantitative estimate of drug-likeness (QED) is 0.688. The number of nitrogens with zero attached hydrogens (tertiary/aromatic N) is 3. The average molecular weight is 251 g/mol. The standard InChI is InChI=1S/C7H13N3O3S2/c1-5(2)10-7(11)9(3)6(14-4)8-15(10,12)13/h5H,1-4H3. The lowest BCUT2D eigenvalue weighted by molar-refractivity contribution is 0.199. The van der Waals surface area contributed by atoms with Crippen LogP contribution in [-0.4, -0.2) is 48.2 Å². The largest absolute Gasteiger partial charge is 0.351 e. The van der Waals surface area contributed by atoms with E-state index in [0.717, 1.165) is 16.1 Å². The third-order valence-corrected chi connectivity index (χ3v) is 4.18. The van der Waals surface area contributed by atoms with Gasteiger partial charge in [0.1, 0.15) is 0 Å². The zero-order chi connectivity index (χ0) is 11.8. The Morgan fingerprint density at radius 3 is 2.33 bits per heavy atom. The fourth-order valence-electron chi connectivity index (χ4n) is 1.19. The highest BCUT2D eigenvalue weighted by molar-refractivity contribution is 8.13. The first-order chi connectivity index (χ1) is 6.81. The highest BCUT2D eigenvalue weighted by atomic mass is 32.2. The SMILES string of the molecule is CSC1=NS(=O)(=O)N(C(C)C)C(=O)N1C. The Labute approximate surface area is 93.5 Å². The highest BCUT2D eigenvalue weighted by Crippen LogP contribution is 2.21. The maximum atomic E-state index is 11.7. The number of thioether (sulfide) groups is 1. The number of hydrogen-bond donors (Lipinski definition) is 0. The predicted octanol–water partition coefficient (Wildman–Crippen LogP) is 0.726. The molecule has 6 nitrogen and oxygen atoms in total. The number of carbonyl (C=O) groups is 1. The highest BCUT2D eigenvalue weighted by Gasteiger charge is 2.38. The zero-order valence-corrected chi connectivity index (χ0v) is 10.6. The molecule has 0 bridgehead atoms. The number of amidine groups is 1. The Kier molecular flexibility index (Phi) is 3.29. The van der Waals surface area contributed by atoms with Gasteiger partial charge in [0.15, 0.2) is 5.17 Å². The molecule has 15 heavy (non-hydrogen) atoms. The maximum absolute atomic E-state index is 11.7. The molecule has 1 rings (SSSR count). The summed E-state index contributed by atoms with van der Waals surface area (Å²) in [5.74, 6) is 0. The van der Waals surface area contributed by atoms with Crippen LogP contribution in [0.25, 0.3) is 0 Å². The van der Waals surface area contributed by atoms with E-state index < -0.39 is 22.3 Å². The van der Waals surface area contributed by atoms with Crippen molar-refractivity contribution in [3.63, 3.8) is 0 Å². The van der Waals surface area contributed by atoms with Crippen LogP contribution in [0.2, 0.25) is 0 Å². The summed E-state index contributed by atoms with van der Waals surface area (Å²) < 4.78 is 27.6. The van der Waals surface area contributed by atoms with Gasteiger partial charge in [-0.15, -0.1) is 4.40 Å². The van der Waals surface area contributed by atoms with Gasteiger partial charge in [0.2, 0.25) is 0 Å². The molecule has 0 aromatic rings. The molecule has 0 radical (unpaired) electrons. The van der Waals surface area contributed by atoms with Crippen LogP contribution in [0.5, 0.6) is 0 Å². The van der Waals surface area contributed by atoms with Gasteiger partial charge in [0.25, 0.3) is 0 Å². The first-order valence-electron chi connectivity index (χ1n) is 4.27. The number of amides is 2. The number of rotatable bonds is 1. The number of urea groups is 1. The van der Waals surface area contributed by atoms with Crippen molar-refractivity contribution in [1.29, 1.82) is 0 Å². The van der Waals surface area contributed by atoms with Crippen molar-refractivity contribution in [3.8, 4) is 0 Å². The topological polar surface area (TPSA) is 70.0 Å². The molecule has 0 unspecified atom stereocenters. The molecule has 0 atom stereocenters. The molecule has 2 amide bonds. The smallest absolute Gasteiger partial charge is 0.274 e. The summed E-state index contributed by atoms with van der Waals surface area (Å²) in [5.41, 5.74) is 0. The fourth-order valence-corrected chi connectivity index (χ4v) is 3.39. The minimum atomic E-state index is -3.86. The molecular formula is C7H13N3O3S2. The lowest BCUT2D eigenvalue weighted by Gasteiger charge is -2.32. The summed E-state index contributed by atoms with van der Waals surface area (Å²) in [6.07, 6.45) is 1.67. The average Bonchev–Trinajstić information content (AvgIpc) is 2.10. The summed E-state index contributed by atoms with van der Waals surface area (Å²) >= 11 is 1.12. The molecule has 0 aromatic carbocycles. The Morgan fingerprint density at radius 2 is 1.93 bits per heavy atom. The summed E-state index contributed by atoms with van der Waals surface area (Å²) in [6.45, 7) is 3.26. The van der Waals surface area contributed by atoms with Gasteiger partial charge in [0.05, 0.1) is 0 Å². The van der Waals surface area contributed by atoms with E-state index in [0.29, 0.717) is 0 Å². The molecule has 86 valence electrons. The van der Waals surface area contributed by atoms with Gasteiger partial charge in [0, 0.05) is 13.1 Å². The first kappa shape index (κ1) is 12.3. The summed E-state index contributed by atoms with van der Waals surface area (Å²) in [7, 11) is -2.36. The van der Waals surface area contributed by atoms with Crippen molar-refractivity contribution in [2.24, 2.45) is 4.40 Å². The van der Waals surface area contributed by atoms with E-state index in [9.17, 15) is 13.2 Å². The van der Waals surface area contributed by atoms with Crippen LogP contribution < -0.4 is 0 Å². The maximum Gasteiger partial charge on any atom is 0.351 e. The second-order valence-corrected chi connectivity index (χ2v) is 5.53. The molecule has 0 aromatic heterocycles. The van der Waals surface area contributed by atoms with Gasteiger partial charge in [-0.3, -0.25) is 4.90 Å². The van der Waals surface area contributed by atoms with Gasteiger partial charge in [-0.05, 0) is 20.1 Å². The van der Waals surface area contributed by atoms with Crippen molar-refractivity contribution in [3.05, 3.63) is 0 Å². The summed E-state index contributed by atoms with van der Waals surface area (Å²) in [5, 5.41) is 0.192. The molecule has 1 heterocycles. The van der Waals surface area contributed by atoms with Crippen LogP contribution in [-0.2, 0) is 10.2 Å². The Balaban J connectivity index is 3.28. The Hall–Kier alpha value is -0.760. The van der Waals surface area contributed by atoms with E-state index in [-0.39, 0.29) is 5.17 Å². The van der Waals surface area contributed by atoms with Gasteiger partial charge in [-0.2, -0.15) is 12.7 Å². The molecule has 0 fully saturated rings. The van der Waals surface area contributed by atoms with Crippen LogP contribution >= 0.6 is 11.8 Å². The number of carbonyl (C=O) groups excluding carboxylic acids is 1. The lowest BCUT2D eigenvalue weighted by Crippen LogP contribution is -2.52. The van der Waals surface area contributed by atoms with Crippen molar-refractivity contribution < 1.29 is 13.2 Å². The third-order valence-electron chi connectivity index (χ3n) is 1.86. The van der Waals surface area contributed by atoms with Crippen molar-refractivity contribution in [1.82, 2.24) is 9.21 Å². The van der Waals surface area contributed by atoms with Gasteiger partial charge >= 0.3 is 16.2 Å². The molecule has 1 aliphatic heterocycles. The van der Waals surface area contributed by atoms with E-state index in [1.807, 2.05) is 0 Å². The Bertz CT molecular complexity index is 402. The van der Waals surface area contributed by atoms with Crippen LogP contribution in [0.15, 0.2) is 4.40 Å². The minimum Gasteiger partial charge on any atom is -0.274 e. The van der Waals surface area contributed by atoms with Gasteiger partial charge < -0.3 is 0 Å². The normalized spacial score (nSPS) is 20.9. The van der Waals surface area contributed by atoms with Crippen molar-refractivity contribution in [2.45, 2.75) is 19.9 Å². The molecule has 0 aliphatic carbocycles. The molecule has 0 saturated carbocycles. The van der Waals surface area contributed by atoms with Crippen LogP contribution in [0.4, 0.5) is 4.79 Å². The summed E-state index contributed by atoms with van der Waals surface area (Å²) in [4.78, 5) is 13.0. The Morgan fingerprint density at radius 1 is 1.40 bits per heavy atom. The number of hydrogen-bond acceptors (Lipinski definition) is 4. The zero-order valence-electron chi connectivity index (χ0n) is 8.96. The van der Waals surface area contributed by atoms with E-state index in [2.05, 4.69) is 4.40 Å². The third kappa shape index (κ3) is 2.10. The molecule has 0 spiro atoms. The first-order valence-corrected chi connectivity index (χ1v) is 6.89. The van der Waals surface area contributed by atoms with E-state index in [1.54, 1.807) is 20.1 Å². The van der Waals surface area contributed by atoms with E-state index in [4.69, 9.17) is 0 Å². The lowest BCUT2D eigenvalue weighted by atomic mass is 10.4.